The van der Waals surface area contributed by atoms with Crippen molar-refractivity contribution < 1.29 is 14.3 Å². The van der Waals surface area contributed by atoms with Crippen LogP contribution in [0.5, 0.6) is 11.6 Å². The molecular weight excluding hydrogens is 424 g/mol. The Kier molecular flexibility index (Phi) is 8.02. The Balaban J connectivity index is 1.74. The number of nitrogens with zero attached hydrogens (tertiary/aromatic N) is 2. The summed E-state index contributed by atoms with van der Waals surface area (Å²) in [5.41, 5.74) is 1.18. The van der Waals surface area contributed by atoms with Crippen LogP contribution in [0.4, 0.5) is 0 Å². The molecule has 3 rings (SSSR count). The zero-order valence-electron chi connectivity index (χ0n) is 17.8. The van der Waals surface area contributed by atoms with Gasteiger partial charge in [-0.15, -0.1) is 0 Å². The first-order valence-electron chi connectivity index (χ1n) is 10.2. The fraction of sp³-hybridized carbons (Fsp3) is 0.192. The highest BCUT2D eigenvalue weighted by Crippen LogP contribution is 2.25. The van der Waals surface area contributed by atoms with Gasteiger partial charge in [0.15, 0.2) is 0 Å². The molecule has 0 aliphatic rings. The maximum atomic E-state index is 12.9. The van der Waals surface area contributed by atoms with Gasteiger partial charge in [0, 0.05) is 11.1 Å². The second kappa shape index (κ2) is 11.1. The lowest BCUT2D eigenvalue weighted by atomic mass is 9.94. The van der Waals surface area contributed by atoms with Gasteiger partial charge in [0.25, 0.3) is 0 Å². The fourth-order valence-electron chi connectivity index (χ4n) is 2.99. The second-order valence-electron chi connectivity index (χ2n) is 7.45. The fourth-order valence-corrected chi connectivity index (χ4v) is 3.19. The van der Waals surface area contributed by atoms with E-state index in [0.29, 0.717) is 22.3 Å². The smallest absolute Gasteiger partial charge is 0.314 e. The summed E-state index contributed by atoms with van der Waals surface area (Å²) in [5, 5.41) is 10.2. The molecule has 0 N–H and O–H groups in total. The van der Waals surface area contributed by atoms with Crippen molar-refractivity contribution in [3.63, 3.8) is 0 Å². The van der Waals surface area contributed by atoms with E-state index in [-0.39, 0.29) is 5.92 Å². The molecule has 0 amide bonds. The van der Waals surface area contributed by atoms with Crippen LogP contribution in [0.15, 0.2) is 78.9 Å². The Bertz CT molecular complexity index is 1120. The molecule has 0 saturated heterocycles. The second-order valence-corrected chi connectivity index (χ2v) is 7.88. The number of hydrogen-bond acceptors (Lipinski definition) is 5. The first-order valence-corrected chi connectivity index (χ1v) is 10.6. The van der Waals surface area contributed by atoms with Crippen molar-refractivity contribution in [1.29, 1.82) is 5.26 Å². The molecule has 1 heterocycles. The van der Waals surface area contributed by atoms with Crippen molar-refractivity contribution in [2.45, 2.75) is 20.0 Å². The summed E-state index contributed by atoms with van der Waals surface area (Å²) < 4.78 is 11.2. The maximum absolute atomic E-state index is 12.9. The molecule has 2 atom stereocenters. The minimum Gasteiger partial charge on any atom is -0.440 e. The van der Waals surface area contributed by atoms with Crippen LogP contribution in [0, 0.1) is 23.2 Å². The predicted octanol–water partition coefficient (Wildman–Crippen LogP) is 6.62. The van der Waals surface area contributed by atoms with Gasteiger partial charge in [-0.1, -0.05) is 74.0 Å². The third-order valence-corrected chi connectivity index (χ3v) is 4.90. The number of carbonyl (C=O) groups is 1. The Morgan fingerprint density at radius 2 is 1.81 bits per heavy atom. The molecule has 1 aromatic heterocycles. The monoisotopic (exact) mass is 446 g/mol. The molecule has 0 fully saturated rings. The molecular formula is C26H23ClN2O3. The number of esters is 1. The summed E-state index contributed by atoms with van der Waals surface area (Å²) in [4.78, 5) is 17.2. The van der Waals surface area contributed by atoms with Crippen molar-refractivity contribution in [1.82, 2.24) is 4.98 Å². The van der Waals surface area contributed by atoms with Gasteiger partial charge in [-0.2, -0.15) is 5.26 Å². The molecule has 32 heavy (non-hydrogen) atoms. The van der Waals surface area contributed by atoms with Crippen LogP contribution in [0.3, 0.4) is 0 Å². The quantitative estimate of drug-likeness (QED) is 0.363. The Labute approximate surface area is 192 Å². The van der Waals surface area contributed by atoms with Gasteiger partial charge in [0.2, 0.25) is 12.0 Å². The van der Waals surface area contributed by atoms with Crippen molar-refractivity contribution in [3.05, 3.63) is 95.2 Å². The molecule has 0 aliphatic heterocycles. The molecule has 5 nitrogen and oxygen atoms in total. The van der Waals surface area contributed by atoms with Gasteiger partial charge in [-0.3, -0.25) is 4.79 Å². The molecule has 2 aromatic carbocycles. The summed E-state index contributed by atoms with van der Waals surface area (Å²) in [7, 11) is 0. The normalized spacial score (nSPS) is 12.8. The molecule has 3 aromatic rings. The highest BCUT2D eigenvalue weighted by atomic mass is 35.5. The molecule has 6 heteroatoms. The Morgan fingerprint density at radius 1 is 1.06 bits per heavy atom. The van der Waals surface area contributed by atoms with Crippen LogP contribution in [-0.2, 0) is 9.53 Å². The first-order chi connectivity index (χ1) is 15.5. The van der Waals surface area contributed by atoms with Gasteiger partial charge >= 0.3 is 5.97 Å². The summed E-state index contributed by atoms with van der Waals surface area (Å²) in [5.74, 6) is -0.132. The van der Waals surface area contributed by atoms with Crippen LogP contribution in [-0.4, -0.2) is 11.0 Å². The number of pyridine rings is 1. The first kappa shape index (κ1) is 23.1. The highest BCUT2D eigenvalue weighted by Gasteiger charge is 2.26. The van der Waals surface area contributed by atoms with E-state index in [1.807, 2.05) is 56.3 Å². The molecule has 2 unspecified atom stereocenters. The summed E-state index contributed by atoms with van der Waals surface area (Å²) in [6, 6.07) is 23.5. The van der Waals surface area contributed by atoms with Crippen LogP contribution in [0.25, 0.3) is 6.08 Å². The number of rotatable bonds is 8. The van der Waals surface area contributed by atoms with Crippen molar-refractivity contribution in [3.8, 4) is 17.7 Å². The van der Waals surface area contributed by atoms with E-state index in [1.165, 1.54) is 0 Å². The topological polar surface area (TPSA) is 72.2 Å². The van der Waals surface area contributed by atoms with E-state index >= 15 is 0 Å². The van der Waals surface area contributed by atoms with Crippen LogP contribution < -0.4 is 4.74 Å². The number of aromatic nitrogens is 1. The summed E-state index contributed by atoms with van der Waals surface area (Å²) >= 11 is 6.03. The zero-order valence-corrected chi connectivity index (χ0v) is 18.6. The van der Waals surface area contributed by atoms with Gasteiger partial charge in [-0.25, -0.2) is 4.98 Å². The van der Waals surface area contributed by atoms with E-state index in [4.69, 9.17) is 21.1 Å². The van der Waals surface area contributed by atoms with E-state index in [2.05, 4.69) is 4.98 Å². The lowest BCUT2D eigenvalue weighted by Crippen LogP contribution is -2.23. The highest BCUT2D eigenvalue weighted by molar-refractivity contribution is 6.30. The molecule has 0 saturated carbocycles. The summed E-state index contributed by atoms with van der Waals surface area (Å²) in [6.45, 7) is 3.84. The van der Waals surface area contributed by atoms with E-state index in [1.54, 1.807) is 48.5 Å². The maximum Gasteiger partial charge on any atom is 0.314 e. The lowest BCUT2D eigenvalue weighted by Gasteiger charge is -2.18. The van der Waals surface area contributed by atoms with E-state index < -0.39 is 18.0 Å². The Hall–Kier alpha value is -3.62. The predicted molar refractivity (Wildman–Crippen MR) is 124 cm³/mol. The van der Waals surface area contributed by atoms with E-state index in [9.17, 15) is 10.1 Å². The standard InChI is InChI=1S/C26H23ClN2O3/c1-18(2)22(15-14-19-8-6-9-20(27)16-19)26(30)32-24(17-28)23-12-7-13-25(29-23)31-21-10-4-3-5-11-21/h3-16,18,22,24H,1-2H3/b15-14+. The molecule has 0 bridgehead atoms. The van der Waals surface area contributed by atoms with Gasteiger partial charge in [0.1, 0.15) is 11.8 Å². The van der Waals surface area contributed by atoms with Crippen LogP contribution >= 0.6 is 11.6 Å². The number of benzene rings is 2. The third-order valence-electron chi connectivity index (χ3n) is 4.67. The van der Waals surface area contributed by atoms with Gasteiger partial charge in [-0.05, 0) is 41.8 Å². The SMILES string of the molecule is CC(C)C(/C=C/c1cccc(Cl)c1)C(=O)OC(C#N)c1cccc(Oc2ccccc2)n1. The zero-order chi connectivity index (χ0) is 22.9. The van der Waals surface area contributed by atoms with Gasteiger partial charge < -0.3 is 9.47 Å². The summed E-state index contributed by atoms with van der Waals surface area (Å²) in [6.07, 6.45) is 2.45. The number of ether oxygens (including phenoxy) is 2. The molecule has 0 aliphatic carbocycles. The van der Waals surface area contributed by atoms with Crippen molar-refractivity contribution in [2.75, 3.05) is 0 Å². The lowest BCUT2D eigenvalue weighted by molar-refractivity contribution is -0.151. The van der Waals surface area contributed by atoms with Crippen molar-refractivity contribution in [2.24, 2.45) is 11.8 Å². The number of halogens is 1. The van der Waals surface area contributed by atoms with Crippen LogP contribution in [0.1, 0.15) is 31.2 Å². The van der Waals surface area contributed by atoms with Crippen molar-refractivity contribution >= 4 is 23.6 Å². The minimum atomic E-state index is -1.15. The largest absolute Gasteiger partial charge is 0.440 e. The third kappa shape index (κ3) is 6.44. The average Bonchev–Trinajstić information content (AvgIpc) is 2.78. The van der Waals surface area contributed by atoms with E-state index in [0.717, 1.165) is 5.56 Å². The van der Waals surface area contributed by atoms with Gasteiger partial charge in [0.05, 0.1) is 11.6 Å². The Morgan fingerprint density at radius 3 is 2.50 bits per heavy atom. The molecule has 0 radical (unpaired) electrons. The minimum absolute atomic E-state index is 0.0296. The number of para-hydroxylation sites is 1. The molecule has 0 spiro atoms. The molecule has 162 valence electrons. The number of nitriles is 1. The number of hydrogen-bond donors (Lipinski definition) is 0. The van der Waals surface area contributed by atoms with Crippen LogP contribution in [0.2, 0.25) is 5.02 Å². The average molecular weight is 447 g/mol. The number of carbonyl (C=O) groups excluding carboxylic acids is 1.